The average Bonchev–Trinajstić information content (AvgIpc) is 2.84. The summed E-state index contributed by atoms with van der Waals surface area (Å²) in [5.74, 6) is -1.31. The molecule has 0 bridgehead atoms. The van der Waals surface area contributed by atoms with Crippen molar-refractivity contribution in [2.24, 2.45) is 0 Å². The number of benzene rings is 3. The Bertz CT molecular complexity index is 1360. The molecule has 1 aliphatic heterocycles. The lowest BCUT2D eigenvalue weighted by molar-refractivity contribution is -0.138. The van der Waals surface area contributed by atoms with Gasteiger partial charge in [-0.3, -0.25) is 9.69 Å². The monoisotopic (exact) mass is 519 g/mol. The third-order valence-electron chi connectivity index (χ3n) is 6.04. The zero-order valence-electron chi connectivity index (χ0n) is 21.2. The second-order valence-corrected chi connectivity index (χ2v) is 10.0. The molecule has 0 saturated heterocycles. The first kappa shape index (κ1) is 26.5. The van der Waals surface area contributed by atoms with E-state index in [4.69, 9.17) is 9.47 Å². The first-order valence-electron chi connectivity index (χ1n) is 12.1. The molecule has 198 valence electrons. The van der Waals surface area contributed by atoms with E-state index in [0.717, 1.165) is 4.90 Å². The largest absolute Gasteiger partial charge is 0.508 e. The second-order valence-electron chi connectivity index (χ2n) is 10.0. The molecule has 1 unspecified atom stereocenters. The first-order chi connectivity index (χ1) is 17.9. The molecule has 0 radical (unpaired) electrons. The highest BCUT2D eigenvalue weighted by atomic mass is 16.6. The van der Waals surface area contributed by atoms with Crippen LogP contribution in [0, 0.1) is 0 Å². The van der Waals surface area contributed by atoms with Crippen molar-refractivity contribution in [3.05, 3.63) is 83.4 Å². The predicted octanol–water partition coefficient (Wildman–Crippen LogP) is 5.24. The van der Waals surface area contributed by atoms with Crippen molar-refractivity contribution >= 4 is 23.5 Å². The van der Waals surface area contributed by atoms with E-state index in [1.807, 2.05) is 0 Å². The van der Waals surface area contributed by atoms with E-state index >= 15 is 0 Å². The SMILES string of the molecule is CC(C)(C)OC(=O)N(c1ccc2c(c1)OC(c1ccc(O)cc1)CC2=O)[C@@H](Cc1ccccc1O)C(=O)O. The molecule has 3 aromatic rings. The van der Waals surface area contributed by atoms with Crippen molar-refractivity contribution in [2.75, 3.05) is 4.90 Å². The fraction of sp³-hybridized carbons (Fsp3) is 0.276. The Balaban J connectivity index is 1.75. The molecule has 3 N–H and O–H groups in total. The number of ketones is 1. The highest BCUT2D eigenvalue weighted by molar-refractivity contribution is 6.02. The number of phenols is 2. The van der Waals surface area contributed by atoms with E-state index in [1.165, 1.54) is 36.4 Å². The number of hydrogen-bond acceptors (Lipinski definition) is 7. The van der Waals surface area contributed by atoms with E-state index in [2.05, 4.69) is 0 Å². The maximum Gasteiger partial charge on any atom is 0.415 e. The Hall–Kier alpha value is -4.53. The van der Waals surface area contributed by atoms with Crippen molar-refractivity contribution < 1.29 is 39.2 Å². The summed E-state index contributed by atoms with van der Waals surface area (Å²) in [4.78, 5) is 39.7. The summed E-state index contributed by atoms with van der Waals surface area (Å²) < 4.78 is 11.7. The minimum Gasteiger partial charge on any atom is -0.508 e. The normalized spacial score (nSPS) is 15.7. The Morgan fingerprint density at radius 2 is 1.74 bits per heavy atom. The molecule has 1 heterocycles. The summed E-state index contributed by atoms with van der Waals surface area (Å²) in [7, 11) is 0. The van der Waals surface area contributed by atoms with Crippen molar-refractivity contribution in [1.29, 1.82) is 0 Å². The number of phenolic OH excluding ortho intramolecular Hbond substituents is 2. The van der Waals surface area contributed by atoms with Crippen LogP contribution < -0.4 is 9.64 Å². The van der Waals surface area contributed by atoms with Crippen LogP contribution in [0.5, 0.6) is 17.2 Å². The van der Waals surface area contributed by atoms with Crippen LogP contribution in [-0.4, -0.2) is 44.8 Å². The van der Waals surface area contributed by atoms with Gasteiger partial charge < -0.3 is 24.8 Å². The summed E-state index contributed by atoms with van der Waals surface area (Å²) in [6.07, 6.45) is -1.65. The lowest BCUT2D eigenvalue weighted by Crippen LogP contribution is -2.48. The van der Waals surface area contributed by atoms with Crippen LogP contribution in [0.2, 0.25) is 0 Å². The van der Waals surface area contributed by atoms with E-state index in [0.29, 0.717) is 16.7 Å². The molecule has 9 heteroatoms. The van der Waals surface area contributed by atoms with Crippen LogP contribution in [0.25, 0.3) is 0 Å². The van der Waals surface area contributed by atoms with Crippen LogP contribution in [-0.2, 0) is 16.0 Å². The van der Waals surface area contributed by atoms with Crippen LogP contribution in [0.3, 0.4) is 0 Å². The minimum absolute atomic E-state index is 0.0794. The highest BCUT2D eigenvalue weighted by Crippen LogP contribution is 2.38. The second kappa shape index (κ2) is 10.5. The fourth-order valence-electron chi connectivity index (χ4n) is 4.24. The van der Waals surface area contributed by atoms with E-state index in [-0.39, 0.29) is 41.6 Å². The number of aliphatic carboxylic acids is 1. The summed E-state index contributed by atoms with van der Waals surface area (Å²) in [6.45, 7) is 5.00. The Morgan fingerprint density at radius 3 is 2.37 bits per heavy atom. The average molecular weight is 520 g/mol. The minimum atomic E-state index is -1.44. The number of para-hydroxylation sites is 1. The molecule has 0 fully saturated rings. The number of amides is 1. The fourth-order valence-corrected chi connectivity index (χ4v) is 4.24. The van der Waals surface area contributed by atoms with E-state index in [9.17, 15) is 29.7 Å². The van der Waals surface area contributed by atoms with E-state index in [1.54, 1.807) is 51.1 Å². The maximum absolute atomic E-state index is 13.4. The molecule has 0 aliphatic carbocycles. The van der Waals surface area contributed by atoms with Gasteiger partial charge in [-0.15, -0.1) is 0 Å². The molecule has 1 amide bonds. The number of rotatable bonds is 6. The van der Waals surface area contributed by atoms with Gasteiger partial charge in [0.2, 0.25) is 0 Å². The number of Topliss-reactive ketones (excluding diaryl/α,β-unsaturated/α-hetero) is 1. The van der Waals surface area contributed by atoms with Gasteiger partial charge in [-0.05, 0) is 62.2 Å². The lowest BCUT2D eigenvalue weighted by Gasteiger charge is -2.33. The number of nitrogens with zero attached hydrogens (tertiary/aromatic N) is 1. The van der Waals surface area contributed by atoms with Gasteiger partial charge in [0.15, 0.2) is 5.78 Å². The highest BCUT2D eigenvalue weighted by Gasteiger charge is 2.36. The van der Waals surface area contributed by atoms with Crippen molar-refractivity contribution in [1.82, 2.24) is 0 Å². The molecular formula is C29H29NO8. The molecule has 0 aromatic heterocycles. The van der Waals surface area contributed by atoms with Crippen LogP contribution in [0.4, 0.5) is 10.5 Å². The van der Waals surface area contributed by atoms with Gasteiger partial charge in [0.1, 0.15) is 35.0 Å². The number of aromatic hydroxyl groups is 2. The number of carbonyl (C=O) groups is 3. The molecule has 0 spiro atoms. The zero-order chi connectivity index (χ0) is 27.6. The molecule has 38 heavy (non-hydrogen) atoms. The van der Waals surface area contributed by atoms with Gasteiger partial charge in [-0.1, -0.05) is 30.3 Å². The number of ether oxygens (including phenoxy) is 2. The van der Waals surface area contributed by atoms with Gasteiger partial charge in [-0.2, -0.15) is 0 Å². The zero-order valence-corrected chi connectivity index (χ0v) is 21.2. The Morgan fingerprint density at radius 1 is 1.05 bits per heavy atom. The Labute approximate surface area is 219 Å². The number of fused-ring (bicyclic) bond motifs is 1. The summed E-state index contributed by atoms with van der Waals surface area (Å²) in [6, 6.07) is 15.6. The van der Waals surface area contributed by atoms with Gasteiger partial charge >= 0.3 is 12.1 Å². The van der Waals surface area contributed by atoms with Gasteiger partial charge in [0, 0.05) is 12.5 Å². The van der Waals surface area contributed by atoms with Crippen LogP contribution in [0.15, 0.2) is 66.7 Å². The standard InChI is InChI=1S/C29H29NO8/c1-29(2,3)38-28(36)30(22(27(34)35)14-18-6-4-5-7-23(18)32)19-10-13-21-24(33)16-25(37-26(21)15-19)17-8-11-20(31)12-9-17/h4-13,15,22,25,31-32H,14,16H2,1-3H3,(H,34,35)/t22-,25?/m0/s1. The Kier molecular flexibility index (Phi) is 7.30. The molecule has 1 aliphatic rings. The van der Waals surface area contributed by atoms with Gasteiger partial charge in [0.25, 0.3) is 0 Å². The third-order valence-corrected chi connectivity index (χ3v) is 6.04. The molecule has 9 nitrogen and oxygen atoms in total. The molecule has 4 rings (SSSR count). The van der Waals surface area contributed by atoms with Gasteiger partial charge in [0.05, 0.1) is 17.7 Å². The third kappa shape index (κ3) is 5.88. The summed E-state index contributed by atoms with van der Waals surface area (Å²) in [5, 5.41) is 30.0. The topological polar surface area (TPSA) is 134 Å². The lowest BCUT2D eigenvalue weighted by atomic mass is 9.95. The first-order valence-corrected chi connectivity index (χ1v) is 12.1. The van der Waals surface area contributed by atoms with Crippen LogP contribution >= 0.6 is 0 Å². The predicted molar refractivity (Wildman–Crippen MR) is 139 cm³/mol. The molecule has 3 aromatic carbocycles. The van der Waals surface area contributed by atoms with Crippen molar-refractivity contribution in [3.8, 4) is 17.2 Å². The molecule has 2 atom stereocenters. The van der Waals surface area contributed by atoms with Gasteiger partial charge in [-0.25, -0.2) is 9.59 Å². The number of anilines is 1. The summed E-state index contributed by atoms with van der Waals surface area (Å²) >= 11 is 0. The number of carboxylic acid groups (broad SMARTS) is 1. The van der Waals surface area contributed by atoms with E-state index < -0.39 is 29.8 Å². The van der Waals surface area contributed by atoms with Crippen molar-refractivity contribution in [2.45, 2.75) is 51.4 Å². The number of carboxylic acids is 1. The molecule has 0 saturated carbocycles. The smallest absolute Gasteiger partial charge is 0.415 e. The number of carbonyl (C=O) groups excluding carboxylic acids is 2. The quantitative estimate of drug-likeness (QED) is 0.403. The summed E-state index contributed by atoms with van der Waals surface area (Å²) in [5.41, 5.74) is 0.558. The van der Waals surface area contributed by atoms with Crippen molar-refractivity contribution in [3.63, 3.8) is 0 Å². The number of hydrogen-bond donors (Lipinski definition) is 3. The van der Waals surface area contributed by atoms with Crippen LogP contribution in [0.1, 0.15) is 54.8 Å². The molecular weight excluding hydrogens is 490 g/mol. The maximum atomic E-state index is 13.4.